The second kappa shape index (κ2) is 5.62. The Morgan fingerprint density at radius 1 is 1.35 bits per heavy atom. The first-order chi connectivity index (χ1) is 9.66. The van der Waals surface area contributed by atoms with Crippen LogP contribution >= 0.6 is 11.8 Å². The molecule has 106 valence electrons. The molecule has 1 aromatic carbocycles. The van der Waals surface area contributed by atoms with Crippen LogP contribution in [0.5, 0.6) is 0 Å². The van der Waals surface area contributed by atoms with E-state index in [0.29, 0.717) is 0 Å². The van der Waals surface area contributed by atoms with Crippen molar-refractivity contribution in [1.29, 1.82) is 0 Å². The highest BCUT2D eigenvalue weighted by Crippen LogP contribution is 2.29. The average molecular weight is 288 g/mol. The Hall–Kier alpha value is -1.26. The van der Waals surface area contributed by atoms with Crippen LogP contribution in [0, 0.1) is 5.92 Å². The molecule has 0 spiro atoms. The molecule has 1 saturated heterocycles. The van der Waals surface area contributed by atoms with E-state index in [0.717, 1.165) is 30.0 Å². The highest BCUT2D eigenvalue weighted by Gasteiger charge is 2.28. The summed E-state index contributed by atoms with van der Waals surface area (Å²) < 4.78 is 1.88. The van der Waals surface area contributed by atoms with Crippen LogP contribution in [-0.2, 0) is 6.42 Å². The molecule has 0 aliphatic carbocycles. The van der Waals surface area contributed by atoms with Crippen LogP contribution in [0.15, 0.2) is 30.5 Å². The Morgan fingerprint density at radius 3 is 2.75 bits per heavy atom. The van der Waals surface area contributed by atoms with Gasteiger partial charge in [-0.05, 0) is 32.1 Å². The van der Waals surface area contributed by atoms with Crippen molar-refractivity contribution in [2.24, 2.45) is 5.92 Å². The van der Waals surface area contributed by atoms with Gasteiger partial charge in [0.1, 0.15) is 0 Å². The van der Waals surface area contributed by atoms with Crippen molar-refractivity contribution in [2.75, 3.05) is 32.1 Å². The quantitative estimate of drug-likeness (QED) is 0.865. The number of carbonyl (C=O) groups is 1. The lowest BCUT2D eigenvalue weighted by Gasteiger charge is -2.23. The molecule has 2 heterocycles. The molecule has 1 aliphatic rings. The van der Waals surface area contributed by atoms with E-state index < -0.39 is 0 Å². The number of hydrogen-bond donors (Lipinski definition) is 0. The minimum absolute atomic E-state index is 0.206. The van der Waals surface area contributed by atoms with Crippen molar-refractivity contribution in [1.82, 2.24) is 9.47 Å². The van der Waals surface area contributed by atoms with Gasteiger partial charge in [0, 0.05) is 29.6 Å². The normalized spacial score (nSPS) is 15.8. The summed E-state index contributed by atoms with van der Waals surface area (Å²) in [6.07, 6.45) is 3.03. The molecule has 0 amide bonds. The van der Waals surface area contributed by atoms with E-state index in [-0.39, 0.29) is 11.8 Å². The van der Waals surface area contributed by atoms with Crippen LogP contribution in [0.1, 0.15) is 10.4 Å². The molecule has 0 bridgehead atoms. The third-order valence-corrected chi connectivity index (χ3v) is 5.12. The molecule has 1 aromatic heterocycles. The topological polar surface area (TPSA) is 25.2 Å². The first kappa shape index (κ1) is 13.7. The maximum Gasteiger partial charge on any atom is 0.235 e. The first-order valence-corrected chi connectivity index (χ1v) is 8.18. The number of thioether (sulfide) groups is 1. The first-order valence-electron chi connectivity index (χ1n) is 7.02. The summed E-state index contributed by atoms with van der Waals surface area (Å²) >= 11 is 1.85. The van der Waals surface area contributed by atoms with Gasteiger partial charge in [0.2, 0.25) is 5.91 Å². The minimum Gasteiger partial charge on any atom is -0.309 e. The Bertz CT molecular complexity index is 628. The van der Waals surface area contributed by atoms with E-state index in [9.17, 15) is 4.79 Å². The predicted octanol–water partition coefficient (Wildman–Crippen LogP) is 2.75. The SMILES string of the molecule is CN(C)CCc1cn(C(=O)C2CSC2)c2ccccc12. The van der Waals surface area contributed by atoms with Crippen LogP contribution < -0.4 is 0 Å². The van der Waals surface area contributed by atoms with Crippen LogP contribution in [0.3, 0.4) is 0 Å². The minimum atomic E-state index is 0.206. The number of para-hydroxylation sites is 1. The van der Waals surface area contributed by atoms with Crippen LogP contribution in [-0.4, -0.2) is 47.5 Å². The number of rotatable bonds is 4. The zero-order chi connectivity index (χ0) is 14.1. The summed E-state index contributed by atoms with van der Waals surface area (Å²) in [5.74, 6) is 2.41. The molecule has 3 nitrogen and oxygen atoms in total. The van der Waals surface area contributed by atoms with E-state index in [4.69, 9.17) is 0 Å². The monoisotopic (exact) mass is 288 g/mol. The summed E-state index contributed by atoms with van der Waals surface area (Å²) in [4.78, 5) is 14.7. The van der Waals surface area contributed by atoms with E-state index in [1.165, 1.54) is 10.9 Å². The predicted molar refractivity (Wildman–Crippen MR) is 85.6 cm³/mol. The lowest BCUT2D eigenvalue weighted by Crippen LogP contribution is -2.31. The number of nitrogens with zero attached hydrogens (tertiary/aromatic N) is 2. The molecule has 0 N–H and O–H groups in total. The summed E-state index contributed by atoms with van der Waals surface area (Å²) in [6, 6.07) is 8.24. The Labute approximate surface area is 123 Å². The van der Waals surface area contributed by atoms with Gasteiger partial charge in [-0.1, -0.05) is 18.2 Å². The molecule has 1 aliphatic heterocycles. The van der Waals surface area contributed by atoms with Gasteiger partial charge in [-0.25, -0.2) is 0 Å². The number of hydrogen-bond acceptors (Lipinski definition) is 3. The van der Waals surface area contributed by atoms with Crippen molar-refractivity contribution in [2.45, 2.75) is 6.42 Å². The van der Waals surface area contributed by atoms with Crippen molar-refractivity contribution in [3.63, 3.8) is 0 Å². The van der Waals surface area contributed by atoms with E-state index >= 15 is 0 Å². The Morgan fingerprint density at radius 2 is 2.10 bits per heavy atom. The Kier molecular flexibility index (Phi) is 3.85. The van der Waals surface area contributed by atoms with E-state index in [2.05, 4.69) is 43.4 Å². The van der Waals surface area contributed by atoms with Gasteiger partial charge in [-0.3, -0.25) is 9.36 Å². The van der Waals surface area contributed by atoms with Gasteiger partial charge in [0.25, 0.3) is 0 Å². The van der Waals surface area contributed by atoms with Crippen molar-refractivity contribution >= 4 is 28.6 Å². The van der Waals surface area contributed by atoms with Gasteiger partial charge in [-0.15, -0.1) is 0 Å². The van der Waals surface area contributed by atoms with Gasteiger partial charge < -0.3 is 4.90 Å². The maximum absolute atomic E-state index is 12.5. The van der Waals surface area contributed by atoms with Crippen molar-refractivity contribution in [3.05, 3.63) is 36.0 Å². The second-order valence-electron chi connectivity index (χ2n) is 5.67. The maximum atomic E-state index is 12.5. The average Bonchev–Trinajstić information content (AvgIpc) is 2.73. The van der Waals surface area contributed by atoms with Crippen molar-refractivity contribution in [3.8, 4) is 0 Å². The fourth-order valence-electron chi connectivity index (χ4n) is 2.55. The number of carbonyl (C=O) groups excluding carboxylic acids is 1. The molecule has 2 aromatic rings. The number of likely N-dealkylation sites (N-methyl/N-ethyl adjacent to an activating group) is 1. The number of aromatic nitrogens is 1. The van der Waals surface area contributed by atoms with Gasteiger partial charge in [0.15, 0.2) is 0 Å². The summed E-state index contributed by atoms with van der Waals surface area (Å²) in [7, 11) is 4.16. The van der Waals surface area contributed by atoms with Crippen molar-refractivity contribution < 1.29 is 4.79 Å². The fraction of sp³-hybridized carbons (Fsp3) is 0.438. The standard InChI is InChI=1S/C16H20N2OS/c1-17(2)8-7-12-9-18(16(19)13-10-20-11-13)15-6-4-3-5-14(12)15/h3-6,9,13H,7-8,10-11H2,1-2H3. The van der Waals surface area contributed by atoms with E-state index in [1.807, 2.05) is 22.4 Å². The van der Waals surface area contributed by atoms with Crippen LogP contribution in [0.25, 0.3) is 10.9 Å². The molecular weight excluding hydrogens is 268 g/mol. The molecule has 0 unspecified atom stereocenters. The summed E-state index contributed by atoms with van der Waals surface area (Å²) in [5, 5.41) is 1.22. The highest BCUT2D eigenvalue weighted by atomic mass is 32.2. The zero-order valence-corrected chi connectivity index (χ0v) is 12.8. The number of benzene rings is 1. The molecular formula is C16H20N2OS. The van der Waals surface area contributed by atoms with Gasteiger partial charge >= 0.3 is 0 Å². The molecule has 1 fully saturated rings. The van der Waals surface area contributed by atoms with Crippen LogP contribution in [0.4, 0.5) is 0 Å². The zero-order valence-electron chi connectivity index (χ0n) is 12.0. The summed E-state index contributed by atoms with van der Waals surface area (Å²) in [5.41, 5.74) is 2.33. The molecule has 3 rings (SSSR count). The van der Waals surface area contributed by atoms with Gasteiger partial charge in [-0.2, -0.15) is 11.8 Å². The second-order valence-corrected chi connectivity index (χ2v) is 6.74. The Balaban J connectivity index is 1.97. The van der Waals surface area contributed by atoms with Gasteiger partial charge in [0.05, 0.1) is 11.4 Å². The summed E-state index contributed by atoms with van der Waals surface area (Å²) in [6.45, 7) is 1.00. The lowest BCUT2D eigenvalue weighted by molar-refractivity contribution is 0.0860. The molecule has 0 saturated carbocycles. The highest BCUT2D eigenvalue weighted by molar-refractivity contribution is 8.00. The van der Waals surface area contributed by atoms with Crippen LogP contribution in [0.2, 0.25) is 0 Å². The molecule has 0 radical (unpaired) electrons. The fourth-order valence-corrected chi connectivity index (χ4v) is 3.31. The largest absolute Gasteiger partial charge is 0.309 e. The smallest absolute Gasteiger partial charge is 0.235 e. The number of fused-ring (bicyclic) bond motifs is 1. The molecule has 20 heavy (non-hydrogen) atoms. The van der Waals surface area contributed by atoms with E-state index in [1.54, 1.807) is 0 Å². The third kappa shape index (κ3) is 2.50. The molecule has 0 atom stereocenters. The third-order valence-electron chi connectivity index (χ3n) is 3.85. The lowest BCUT2D eigenvalue weighted by atomic mass is 10.1. The molecule has 4 heteroatoms.